The van der Waals surface area contributed by atoms with Crippen molar-refractivity contribution in [3.05, 3.63) is 82.6 Å². The van der Waals surface area contributed by atoms with Crippen molar-refractivity contribution in [1.29, 1.82) is 0 Å². The number of benzene rings is 2. The molecule has 0 aliphatic heterocycles. The van der Waals surface area contributed by atoms with Gasteiger partial charge in [0, 0.05) is 32.6 Å². The van der Waals surface area contributed by atoms with Crippen LogP contribution < -0.4 is 5.43 Å². The Bertz CT molecular complexity index is 950. The summed E-state index contributed by atoms with van der Waals surface area (Å²) in [5, 5.41) is 4.81. The van der Waals surface area contributed by atoms with E-state index in [1.54, 1.807) is 6.21 Å². The van der Waals surface area contributed by atoms with Gasteiger partial charge in [0.15, 0.2) is 0 Å². The van der Waals surface area contributed by atoms with Crippen LogP contribution in [0.3, 0.4) is 0 Å². The zero-order chi connectivity index (χ0) is 19.2. The smallest absolute Gasteiger partial charge is 0.250 e. The maximum atomic E-state index is 12.0. The predicted octanol–water partition coefficient (Wildman–Crippen LogP) is 4.99. The van der Waals surface area contributed by atoms with E-state index in [1.807, 2.05) is 74.5 Å². The van der Waals surface area contributed by atoms with E-state index < -0.39 is 0 Å². The van der Waals surface area contributed by atoms with Crippen molar-refractivity contribution >= 4 is 35.5 Å². The van der Waals surface area contributed by atoms with Gasteiger partial charge in [-0.25, -0.2) is 5.43 Å². The van der Waals surface area contributed by atoms with Gasteiger partial charge in [0.2, 0.25) is 5.91 Å². The number of hydrogen-bond acceptors (Lipinski definition) is 3. The van der Waals surface area contributed by atoms with Crippen molar-refractivity contribution in [2.24, 2.45) is 5.10 Å². The lowest BCUT2D eigenvalue weighted by atomic mass is 10.2. The van der Waals surface area contributed by atoms with E-state index in [4.69, 9.17) is 11.6 Å². The highest BCUT2D eigenvalue weighted by Gasteiger charge is 2.09. The van der Waals surface area contributed by atoms with Crippen molar-refractivity contribution in [3.63, 3.8) is 0 Å². The van der Waals surface area contributed by atoms with Gasteiger partial charge < -0.3 is 4.57 Å². The van der Waals surface area contributed by atoms with Gasteiger partial charge in [0.25, 0.3) is 0 Å². The van der Waals surface area contributed by atoms with Crippen LogP contribution in [0, 0.1) is 13.8 Å². The van der Waals surface area contributed by atoms with E-state index in [-0.39, 0.29) is 5.91 Å². The van der Waals surface area contributed by atoms with Crippen molar-refractivity contribution < 1.29 is 4.79 Å². The molecule has 0 atom stereocenters. The molecule has 0 aliphatic rings. The molecule has 0 fully saturated rings. The topological polar surface area (TPSA) is 46.4 Å². The summed E-state index contributed by atoms with van der Waals surface area (Å²) in [5.41, 5.74) is 6.72. The van der Waals surface area contributed by atoms with Gasteiger partial charge >= 0.3 is 0 Å². The molecule has 0 saturated carbocycles. The van der Waals surface area contributed by atoms with Gasteiger partial charge in [-0.1, -0.05) is 29.8 Å². The predicted molar refractivity (Wildman–Crippen MR) is 113 cm³/mol. The number of hydrogen-bond donors (Lipinski definition) is 1. The Hall–Kier alpha value is -2.50. The Labute approximate surface area is 168 Å². The molecule has 3 rings (SSSR count). The summed E-state index contributed by atoms with van der Waals surface area (Å²) in [5.74, 6) is 0.192. The number of halogens is 1. The quantitative estimate of drug-likeness (QED) is 0.362. The second-order valence-electron chi connectivity index (χ2n) is 6.03. The molecule has 3 aromatic rings. The first-order chi connectivity index (χ1) is 13.0. The van der Waals surface area contributed by atoms with Crippen LogP contribution in [-0.2, 0) is 4.79 Å². The molecule has 138 valence electrons. The summed E-state index contributed by atoms with van der Waals surface area (Å²) in [6.07, 6.45) is 1.68. The molecular formula is C21H20ClN3OS. The monoisotopic (exact) mass is 397 g/mol. The van der Waals surface area contributed by atoms with Crippen molar-refractivity contribution in [2.75, 3.05) is 5.75 Å². The lowest BCUT2D eigenvalue weighted by molar-refractivity contribution is -0.118. The molecule has 0 spiro atoms. The van der Waals surface area contributed by atoms with Crippen LogP contribution in [0.1, 0.15) is 17.0 Å². The van der Waals surface area contributed by atoms with Gasteiger partial charge in [0.05, 0.1) is 12.0 Å². The second kappa shape index (κ2) is 8.93. The van der Waals surface area contributed by atoms with Crippen LogP contribution >= 0.6 is 23.4 Å². The van der Waals surface area contributed by atoms with Crippen LogP contribution in [0.5, 0.6) is 0 Å². The third-order valence-electron chi connectivity index (χ3n) is 4.06. The number of rotatable bonds is 6. The van der Waals surface area contributed by atoms with Gasteiger partial charge in [-0.05, 0) is 56.3 Å². The Kier molecular flexibility index (Phi) is 6.37. The van der Waals surface area contributed by atoms with Gasteiger partial charge in [-0.15, -0.1) is 11.8 Å². The van der Waals surface area contributed by atoms with Crippen molar-refractivity contribution in [3.8, 4) is 5.69 Å². The van der Waals surface area contributed by atoms with E-state index in [9.17, 15) is 4.79 Å². The minimum Gasteiger partial charge on any atom is -0.318 e. The Morgan fingerprint density at radius 3 is 2.56 bits per heavy atom. The third kappa shape index (κ3) is 5.02. The van der Waals surface area contributed by atoms with Crippen LogP contribution in [0.25, 0.3) is 5.69 Å². The van der Waals surface area contributed by atoms with E-state index in [0.717, 1.165) is 27.5 Å². The molecule has 0 aliphatic carbocycles. The first kappa shape index (κ1) is 19.3. The SMILES string of the molecule is Cc1cc(/C=N\NC(=O)CSc2ccccc2)c(C)n1-c1ccc(Cl)cc1. The fourth-order valence-electron chi connectivity index (χ4n) is 2.78. The summed E-state index contributed by atoms with van der Waals surface area (Å²) < 4.78 is 2.13. The number of aryl methyl sites for hydroxylation is 1. The molecule has 0 radical (unpaired) electrons. The highest BCUT2D eigenvalue weighted by molar-refractivity contribution is 8.00. The Balaban J connectivity index is 1.63. The molecule has 1 aromatic heterocycles. The third-order valence-corrected chi connectivity index (χ3v) is 5.33. The maximum absolute atomic E-state index is 12.0. The summed E-state index contributed by atoms with van der Waals surface area (Å²) >= 11 is 7.46. The van der Waals surface area contributed by atoms with Crippen LogP contribution in [-0.4, -0.2) is 22.4 Å². The number of nitrogens with zero attached hydrogens (tertiary/aromatic N) is 2. The molecule has 6 heteroatoms. The first-order valence-corrected chi connectivity index (χ1v) is 9.85. The van der Waals surface area contributed by atoms with Crippen LogP contribution in [0.2, 0.25) is 5.02 Å². The highest BCUT2D eigenvalue weighted by Crippen LogP contribution is 2.21. The highest BCUT2D eigenvalue weighted by atomic mass is 35.5. The fourth-order valence-corrected chi connectivity index (χ4v) is 3.62. The van der Waals surface area contributed by atoms with Crippen LogP contribution in [0.4, 0.5) is 0 Å². The lowest BCUT2D eigenvalue weighted by Crippen LogP contribution is -2.19. The normalized spacial score (nSPS) is 11.1. The average Bonchev–Trinajstić information content (AvgIpc) is 2.95. The number of carbonyl (C=O) groups is 1. The zero-order valence-corrected chi connectivity index (χ0v) is 16.7. The minimum absolute atomic E-state index is 0.133. The summed E-state index contributed by atoms with van der Waals surface area (Å²) in [4.78, 5) is 13.0. The molecule has 1 amide bonds. The van der Waals surface area contributed by atoms with E-state index in [2.05, 4.69) is 15.1 Å². The number of hydrazone groups is 1. The molecule has 1 heterocycles. The molecule has 4 nitrogen and oxygen atoms in total. The zero-order valence-electron chi connectivity index (χ0n) is 15.1. The van der Waals surface area contributed by atoms with Crippen molar-refractivity contribution in [1.82, 2.24) is 9.99 Å². The molecule has 2 aromatic carbocycles. The Morgan fingerprint density at radius 1 is 1.15 bits per heavy atom. The summed E-state index contributed by atoms with van der Waals surface area (Å²) in [7, 11) is 0. The minimum atomic E-state index is -0.133. The number of thioether (sulfide) groups is 1. The number of amides is 1. The van der Waals surface area contributed by atoms with Gasteiger partial charge in [0.1, 0.15) is 0 Å². The largest absolute Gasteiger partial charge is 0.318 e. The molecule has 27 heavy (non-hydrogen) atoms. The summed E-state index contributed by atoms with van der Waals surface area (Å²) in [6.45, 7) is 4.06. The van der Waals surface area contributed by atoms with Crippen LogP contribution in [0.15, 0.2) is 70.7 Å². The summed E-state index contributed by atoms with van der Waals surface area (Å²) in [6, 6.07) is 19.6. The number of aromatic nitrogens is 1. The molecular weight excluding hydrogens is 378 g/mol. The standard InChI is InChI=1S/C21H20ClN3OS/c1-15-12-17(16(2)25(15)19-10-8-18(22)9-11-19)13-23-24-21(26)14-27-20-6-4-3-5-7-20/h3-13H,14H2,1-2H3,(H,24,26)/b23-13-. The van der Waals surface area contributed by atoms with Crippen molar-refractivity contribution in [2.45, 2.75) is 18.7 Å². The van der Waals surface area contributed by atoms with Gasteiger partial charge in [-0.2, -0.15) is 5.10 Å². The average molecular weight is 398 g/mol. The van der Waals surface area contributed by atoms with E-state index in [0.29, 0.717) is 10.8 Å². The maximum Gasteiger partial charge on any atom is 0.250 e. The van der Waals surface area contributed by atoms with E-state index in [1.165, 1.54) is 11.8 Å². The number of nitrogens with one attached hydrogen (secondary N) is 1. The fraction of sp³-hybridized carbons (Fsp3) is 0.143. The van der Waals surface area contributed by atoms with E-state index >= 15 is 0 Å². The second-order valence-corrected chi connectivity index (χ2v) is 7.52. The number of carbonyl (C=O) groups excluding carboxylic acids is 1. The Morgan fingerprint density at radius 2 is 1.85 bits per heavy atom. The lowest BCUT2D eigenvalue weighted by Gasteiger charge is -2.09. The molecule has 0 unspecified atom stereocenters. The molecule has 0 saturated heterocycles. The molecule has 1 N–H and O–H groups in total. The van der Waals surface area contributed by atoms with Gasteiger partial charge in [-0.3, -0.25) is 4.79 Å². The first-order valence-electron chi connectivity index (χ1n) is 8.49. The molecule has 0 bridgehead atoms.